The molecular weight excluding hydrogens is 276 g/mol. The van der Waals surface area contributed by atoms with Crippen molar-refractivity contribution >= 4 is 16.9 Å². The molecule has 0 saturated carbocycles. The number of hydrogen-bond acceptors (Lipinski definition) is 3. The summed E-state index contributed by atoms with van der Waals surface area (Å²) in [7, 11) is 0. The molecule has 22 heavy (non-hydrogen) atoms. The standard InChI is InChI=1S/C18H22N2O2/c1-2-22-18(21)7-5-3-4-6-11-20-12-10-16-13-15(14-19)8-9-17(16)20/h8-10,12-13H,2-7,11H2,1H3. The van der Waals surface area contributed by atoms with Crippen molar-refractivity contribution in [3.63, 3.8) is 0 Å². The maximum Gasteiger partial charge on any atom is 0.305 e. The molecule has 2 aromatic rings. The van der Waals surface area contributed by atoms with Crippen molar-refractivity contribution in [2.24, 2.45) is 0 Å². The molecule has 0 fully saturated rings. The zero-order chi connectivity index (χ0) is 15.8. The van der Waals surface area contributed by atoms with Gasteiger partial charge in [0.1, 0.15) is 0 Å². The van der Waals surface area contributed by atoms with Gasteiger partial charge in [-0.15, -0.1) is 0 Å². The third kappa shape index (κ3) is 4.36. The number of carbonyl (C=O) groups excluding carboxylic acids is 1. The summed E-state index contributed by atoms with van der Waals surface area (Å²) >= 11 is 0. The van der Waals surface area contributed by atoms with Gasteiger partial charge < -0.3 is 9.30 Å². The van der Waals surface area contributed by atoms with Crippen LogP contribution in [0.4, 0.5) is 0 Å². The highest BCUT2D eigenvalue weighted by atomic mass is 16.5. The molecule has 0 bridgehead atoms. The summed E-state index contributed by atoms with van der Waals surface area (Å²) in [5.74, 6) is -0.0906. The van der Waals surface area contributed by atoms with Crippen LogP contribution in [0.25, 0.3) is 10.9 Å². The molecule has 0 spiro atoms. The van der Waals surface area contributed by atoms with E-state index in [1.165, 1.54) is 5.52 Å². The summed E-state index contributed by atoms with van der Waals surface area (Å²) < 4.78 is 7.13. The van der Waals surface area contributed by atoms with Crippen LogP contribution in [0, 0.1) is 11.3 Å². The van der Waals surface area contributed by atoms with Crippen LogP contribution in [0.15, 0.2) is 30.5 Å². The van der Waals surface area contributed by atoms with Crippen molar-refractivity contribution in [2.45, 2.75) is 45.6 Å². The second-order valence-electron chi connectivity index (χ2n) is 5.36. The molecule has 0 radical (unpaired) electrons. The van der Waals surface area contributed by atoms with E-state index in [0.717, 1.165) is 37.6 Å². The van der Waals surface area contributed by atoms with Crippen LogP contribution in [0.3, 0.4) is 0 Å². The van der Waals surface area contributed by atoms with Gasteiger partial charge in [0, 0.05) is 30.1 Å². The van der Waals surface area contributed by atoms with Crippen LogP contribution in [0.1, 0.15) is 44.6 Å². The highest BCUT2D eigenvalue weighted by molar-refractivity contribution is 5.81. The molecule has 0 amide bonds. The third-order valence-corrected chi connectivity index (χ3v) is 3.74. The highest BCUT2D eigenvalue weighted by Crippen LogP contribution is 2.18. The van der Waals surface area contributed by atoms with Gasteiger partial charge in [0.25, 0.3) is 0 Å². The van der Waals surface area contributed by atoms with Crippen LogP contribution in [0.5, 0.6) is 0 Å². The highest BCUT2D eigenvalue weighted by Gasteiger charge is 2.03. The third-order valence-electron chi connectivity index (χ3n) is 3.74. The van der Waals surface area contributed by atoms with E-state index in [-0.39, 0.29) is 5.97 Å². The number of unbranched alkanes of at least 4 members (excludes halogenated alkanes) is 3. The Labute approximate surface area is 131 Å². The first-order valence-electron chi connectivity index (χ1n) is 7.89. The quantitative estimate of drug-likeness (QED) is 0.546. The number of benzene rings is 1. The Morgan fingerprint density at radius 1 is 1.23 bits per heavy atom. The molecule has 0 unspecified atom stereocenters. The lowest BCUT2D eigenvalue weighted by Crippen LogP contribution is -2.03. The molecule has 4 heteroatoms. The van der Waals surface area contributed by atoms with Gasteiger partial charge >= 0.3 is 5.97 Å². The minimum atomic E-state index is -0.0906. The Kier molecular flexibility index (Phi) is 6.02. The average Bonchev–Trinajstić information content (AvgIpc) is 2.93. The van der Waals surface area contributed by atoms with Gasteiger partial charge in [0.05, 0.1) is 18.2 Å². The molecule has 2 rings (SSSR count). The van der Waals surface area contributed by atoms with Crippen molar-refractivity contribution in [1.29, 1.82) is 5.26 Å². The summed E-state index contributed by atoms with van der Waals surface area (Å²) in [6.07, 6.45) is 6.75. The van der Waals surface area contributed by atoms with Crippen LogP contribution < -0.4 is 0 Å². The molecule has 0 N–H and O–H groups in total. The van der Waals surface area contributed by atoms with Gasteiger partial charge in [0.15, 0.2) is 0 Å². The second kappa shape index (κ2) is 8.23. The van der Waals surface area contributed by atoms with E-state index < -0.39 is 0 Å². The van der Waals surface area contributed by atoms with Crippen molar-refractivity contribution in [1.82, 2.24) is 4.57 Å². The molecule has 0 atom stereocenters. The smallest absolute Gasteiger partial charge is 0.305 e. The number of ether oxygens (including phenoxy) is 1. The Bertz CT molecular complexity index is 667. The second-order valence-corrected chi connectivity index (χ2v) is 5.36. The van der Waals surface area contributed by atoms with Crippen molar-refractivity contribution in [3.05, 3.63) is 36.0 Å². The topological polar surface area (TPSA) is 55.0 Å². The normalized spacial score (nSPS) is 10.5. The van der Waals surface area contributed by atoms with Crippen molar-refractivity contribution in [2.75, 3.05) is 6.61 Å². The number of esters is 1. The molecule has 0 aliphatic heterocycles. The predicted molar refractivity (Wildman–Crippen MR) is 86.4 cm³/mol. The molecule has 116 valence electrons. The number of hydrogen-bond donors (Lipinski definition) is 0. The number of rotatable bonds is 8. The maximum absolute atomic E-state index is 11.2. The van der Waals surface area contributed by atoms with E-state index in [0.29, 0.717) is 18.6 Å². The van der Waals surface area contributed by atoms with Crippen molar-refractivity contribution < 1.29 is 9.53 Å². The average molecular weight is 298 g/mol. The molecule has 0 aliphatic carbocycles. The molecule has 1 aromatic heterocycles. The summed E-state index contributed by atoms with van der Waals surface area (Å²) in [6.45, 7) is 3.26. The Morgan fingerprint density at radius 2 is 2.05 bits per heavy atom. The first kappa shape index (κ1) is 16.1. The fourth-order valence-electron chi connectivity index (χ4n) is 2.60. The maximum atomic E-state index is 11.2. The number of nitrogens with zero attached hydrogens (tertiary/aromatic N) is 2. The molecular formula is C18H22N2O2. The number of aromatic nitrogens is 1. The fraction of sp³-hybridized carbons (Fsp3) is 0.444. The van der Waals surface area contributed by atoms with Gasteiger partial charge in [-0.3, -0.25) is 4.79 Å². The minimum Gasteiger partial charge on any atom is -0.466 e. The number of nitriles is 1. The van der Waals surface area contributed by atoms with Gasteiger partial charge in [-0.2, -0.15) is 5.26 Å². The zero-order valence-corrected chi connectivity index (χ0v) is 13.0. The fourth-order valence-corrected chi connectivity index (χ4v) is 2.60. The van der Waals surface area contributed by atoms with Gasteiger partial charge in [-0.05, 0) is 44.0 Å². The first-order chi connectivity index (χ1) is 10.7. The van der Waals surface area contributed by atoms with E-state index >= 15 is 0 Å². The Morgan fingerprint density at radius 3 is 2.82 bits per heavy atom. The van der Waals surface area contributed by atoms with E-state index in [4.69, 9.17) is 10.00 Å². The van der Waals surface area contributed by atoms with Gasteiger partial charge in [-0.1, -0.05) is 12.8 Å². The van der Waals surface area contributed by atoms with E-state index in [2.05, 4.69) is 22.9 Å². The van der Waals surface area contributed by atoms with E-state index in [9.17, 15) is 4.79 Å². The summed E-state index contributed by atoms with van der Waals surface area (Å²) in [5.41, 5.74) is 1.87. The largest absolute Gasteiger partial charge is 0.466 e. The van der Waals surface area contributed by atoms with Crippen LogP contribution in [0.2, 0.25) is 0 Å². The SMILES string of the molecule is CCOC(=O)CCCCCCn1ccc2cc(C#N)ccc21. The van der Waals surface area contributed by atoms with E-state index in [1.54, 1.807) is 0 Å². The monoisotopic (exact) mass is 298 g/mol. The predicted octanol–water partition coefficient (Wildman–Crippen LogP) is 4.03. The lowest BCUT2D eigenvalue weighted by Gasteiger charge is -2.06. The summed E-state index contributed by atoms with van der Waals surface area (Å²) in [6, 6.07) is 10.0. The number of carbonyl (C=O) groups is 1. The summed E-state index contributed by atoms with van der Waals surface area (Å²) in [4.78, 5) is 11.2. The lowest BCUT2D eigenvalue weighted by atomic mass is 10.1. The minimum absolute atomic E-state index is 0.0906. The molecule has 4 nitrogen and oxygen atoms in total. The summed E-state index contributed by atoms with van der Waals surface area (Å²) in [5, 5.41) is 10.0. The zero-order valence-electron chi connectivity index (χ0n) is 13.0. The van der Waals surface area contributed by atoms with Gasteiger partial charge in [0.2, 0.25) is 0 Å². The Balaban J connectivity index is 1.74. The van der Waals surface area contributed by atoms with Crippen LogP contribution in [-0.2, 0) is 16.1 Å². The van der Waals surface area contributed by atoms with Crippen molar-refractivity contribution in [3.8, 4) is 6.07 Å². The molecule has 0 aliphatic rings. The molecule has 0 saturated heterocycles. The van der Waals surface area contributed by atoms with E-state index in [1.807, 2.05) is 25.1 Å². The van der Waals surface area contributed by atoms with Crippen LogP contribution in [-0.4, -0.2) is 17.1 Å². The number of aryl methyl sites for hydroxylation is 1. The molecule has 1 heterocycles. The van der Waals surface area contributed by atoms with Gasteiger partial charge in [-0.25, -0.2) is 0 Å². The van der Waals surface area contributed by atoms with Crippen LogP contribution >= 0.6 is 0 Å². The Hall–Kier alpha value is -2.28. The lowest BCUT2D eigenvalue weighted by molar-refractivity contribution is -0.143. The number of fused-ring (bicyclic) bond motifs is 1. The molecule has 1 aromatic carbocycles. The first-order valence-corrected chi connectivity index (χ1v) is 7.89.